The van der Waals surface area contributed by atoms with Gasteiger partial charge in [-0.3, -0.25) is 10.1 Å². The molecule has 1 atom stereocenters. The molecule has 0 aromatic carbocycles. The van der Waals surface area contributed by atoms with Gasteiger partial charge in [-0.05, 0) is 6.92 Å². The first-order valence-corrected chi connectivity index (χ1v) is 5.52. The third-order valence-corrected chi connectivity index (χ3v) is 2.48. The number of aliphatic carboxylic acids is 2. The number of carboxylic acids is 2. The van der Waals surface area contributed by atoms with Crippen molar-refractivity contribution in [2.24, 2.45) is 0 Å². The van der Waals surface area contributed by atoms with Crippen LogP contribution in [0.1, 0.15) is 11.4 Å². The average molecular weight is 274 g/mol. The summed E-state index contributed by atoms with van der Waals surface area (Å²) in [5.41, 5.74) is 0. The third kappa shape index (κ3) is 4.33. The zero-order valence-corrected chi connectivity index (χ0v) is 10.0. The Bertz CT molecular complexity index is 474. The van der Waals surface area contributed by atoms with Gasteiger partial charge in [-0.15, -0.1) is 10.2 Å². The Hall–Kier alpha value is -2.23. The summed E-state index contributed by atoms with van der Waals surface area (Å²) < 4.78 is 0. The van der Waals surface area contributed by atoms with Gasteiger partial charge in [0.05, 0.1) is 6.42 Å². The molecule has 1 rings (SSSR count). The number of hydrogen-bond acceptors (Lipinski definition) is 6. The second-order valence-electron chi connectivity index (χ2n) is 3.21. The number of carbonyl (C=O) groups excluding carboxylic acids is 1. The highest BCUT2D eigenvalue weighted by molar-refractivity contribution is 7.15. The van der Waals surface area contributed by atoms with Gasteiger partial charge in [0.2, 0.25) is 5.13 Å². The fourth-order valence-electron chi connectivity index (χ4n) is 1.01. The molecule has 0 saturated heterocycles. The van der Waals surface area contributed by atoms with Gasteiger partial charge in [0.15, 0.2) is 0 Å². The van der Waals surface area contributed by atoms with Gasteiger partial charge in [-0.1, -0.05) is 11.3 Å². The van der Waals surface area contributed by atoms with Crippen LogP contribution in [0.25, 0.3) is 0 Å². The first-order valence-electron chi connectivity index (χ1n) is 4.70. The van der Waals surface area contributed by atoms with E-state index in [1.807, 2.05) is 5.32 Å². The average Bonchev–Trinajstić information content (AvgIpc) is 2.62. The molecule has 0 radical (unpaired) electrons. The summed E-state index contributed by atoms with van der Waals surface area (Å²) in [5, 5.41) is 29.5. The molecule has 4 N–H and O–H groups in total. The van der Waals surface area contributed by atoms with E-state index >= 15 is 0 Å². The maximum Gasteiger partial charge on any atom is 0.326 e. The molecule has 0 spiro atoms. The fraction of sp³-hybridized carbons (Fsp3) is 0.375. The van der Waals surface area contributed by atoms with Crippen LogP contribution in [0.3, 0.4) is 0 Å². The lowest BCUT2D eigenvalue weighted by Gasteiger charge is -2.11. The molecule has 0 aliphatic heterocycles. The number of hydrogen-bond donors (Lipinski definition) is 4. The number of carbonyl (C=O) groups is 3. The van der Waals surface area contributed by atoms with Crippen LogP contribution in [0.4, 0.5) is 9.93 Å². The van der Waals surface area contributed by atoms with E-state index in [2.05, 4.69) is 15.5 Å². The first kappa shape index (κ1) is 13.8. The van der Waals surface area contributed by atoms with Crippen molar-refractivity contribution in [3.8, 4) is 0 Å². The molecule has 0 fully saturated rings. The van der Waals surface area contributed by atoms with E-state index in [1.54, 1.807) is 6.92 Å². The number of nitrogens with one attached hydrogen (secondary N) is 2. The summed E-state index contributed by atoms with van der Waals surface area (Å²) in [4.78, 5) is 32.5. The van der Waals surface area contributed by atoms with E-state index in [0.29, 0.717) is 5.01 Å². The van der Waals surface area contributed by atoms with Crippen molar-refractivity contribution in [1.82, 2.24) is 15.5 Å². The smallest absolute Gasteiger partial charge is 0.326 e. The standard InChI is InChI=1S/C8H10N4O5S/c1-3-11-12-8(18-3)10-7(17)9-4(6(15)16)2-5(13)14/h4H,2H2,1H3,(H,13,14)(H,15,16)(H2,9,10,12,17). The predicted molar refractivity (Wildman–Crippen MR) is 60.5 cm³/mol. The molecule has 9 nitrogen and oxygen atoms in total. The Morgan fingerprint density at radius 2 is 2.00 bits per heavy atom. The SMILES string of the molecule is Cc1nnc(NC(=O)NC(CC(=O)O)C(=O)O)s1. The molecule has 0 aliphatic carbocycles. The van der Waals surface area contributed by atoms with Crippen LogP contribution in [0.2, 0.25) is 0 Å². The van der Waals surface area contributed by atoms with Crippen LogP contribution in [-0.4, -0.2) is 44.4 Å². The van der Waals surface area contributed by atoms with Crippen LogP contribution in [0.5, 0.6) is 0 Å². The molecule has 1 aromatic rings. The molecular weight excluding hydrogens is 264 g/mol. The number of carboxylic acid groups (broad SMARTS) is 2. The van der Waals surface area contributed by atoms with Crippen LogP contribution in [0, 0.1) is 6.92 Å². The number of aryl methyl sites for hydroxylation is 1. The highest BCUT2D eigenvalue weighted by Gasteiger charge is 2.23. The zero-order valence-electron chi connectivity index (χ0n) is 9.21. The van der Waals surface area contributed by atoms with E-state index < -0.39 is 30.4 Å². The van der Waals surface area contributed by atoms with Gasteiger partial charge in [0.25, 0.3) is 0 Å². The Labute approximate surface area is 105 Å². The molecule has 0 bridgehead atoms. The van der Waals surface area contributed by atoms with E-state index in [0.717, 1.165) is 11.3 Å². The molecular formula is C8H10N4O5S. The highest BCUT2D eigenvalue weighted by atomic mass is 32.1. The van der Waals surface area contributed by atoms with Gasteiger partial charge >= 0.3 is 18.0 Å². The largest absolute Gasteiger partial charge is 0.481 e. The minimum Gasteiger partial charge on any atom is -0.481 e. The Morgan fingerprint density at radius 1 is 1.33 bits per heavy atom. The van der Waals surface area contributed by atoms with Crippen molar-refractivity contribution in [3.05, 3.63) is 5.01 Å². The minimum absolute atomic E-state index is 0.199. The molecule has 0 saturated carbocycles. The molecule has 10 heteroatoms. The summed E-state index contributed by atoms with van der Waals surface area (Å²) in [6.07, 6.45) is -0.710. The van der Waals surface area contributed by atoms with Crippen LogP contribution in [-0.2, 0) is 9.59 Å². The van der Waals surface area contributed by atoms with E-state index in [1.165, 1.54) is 0 Å². The summed E-state index contributed by atoms with van der Waals surface area (Å²) in [5.74, 6) is -2.75. The Kier molecular flexibility index (Phi) is 4.54. The predicted octanol–water partition coefficient (Wildman–Crippen LogP) is -0.104. The molecule has 1 heterocycles. The van der Waals surface area contributed by atoms with Crippen LogP contribution in [0.15, 0.2) is 0 Å². The number of aromatic nitrogens is 2. The second-order valence-corrected chi connectivity index (χ2v) is 4.40. The van der Waals surface area contributed by atoms with E-state index in [-0.39, 0.29) is 5.13 Å². The lowest BCUT2D eigenvalue weighted by Crippen LogP contribution is -2.44. The number of anilines is 1. The van der Waals surface area contributed by atoms with Crippen molar-refractivity contribution < 1.29 is 24.6 Å². The van der Waals surface area contributed by atoms with Gasteiger partial charge in [0.1, 0.15) is 11.0 Å². The normalized spacial score (nSPS) is 11.6. The zero-order chi connectivity index (χ0) is 13.7. The van der Waals surface area contributed by atoms with Crippen molar-refractivity contribution >= 4 is 34.4 Å². The van der Waals surface area contributed by atoms with E-state index in [9.17, 15) is 14.4 Å². The van der Waals surface area contributed by atoms with Crippen molar-refractivity contribution in [1.29, 1.82) is 0 Å². The van der Waals surface area contributed by atoms with Gasteiger partial charge in [0, 0.05) is 0 Å². The quantitative estimate of drug-likeness (QED) is 0.587. The van der Waals surface area contributed by atoms with Crippen molar-refractivity contribution in [2.75, 3.05) is 5.32 Å². The fourth-order valence-corrected chi connectivity index (χ4v) is 1.60. The monoisotopic (exact) mass is 274 g/mol. The number of urea groups is 1. The van der Waals surface area contributed by atoms with Crippen LogP contribution < -0.4 is 10.6 Å². The van der Waals surface area contributed by atoms with Crippen LogP contribution >= 0.6 is 11.3 Å². The second kappa shape index (κ2) is 5.91. The number of rotatable bonds is 5. The molecule has 2 amide bonds. The van der Waals surface area contributed by atoms with Gasteiger partial charge in [-0.2, -0.15) is 0 Å². The minimum atomic E-state index is -1.50. The van der Waals surface area contributed by atoms with Crippen molar-refractivity contribution in [2.45, 2.75) is 19.4 Å². The third-order valence-electron chi connectivity index (χ3n) is 1.73. The summed E-state index contributed by atoms with van der Waals surface area (Å²) >= 11 is 1.11. The highest BCUT2D eigenvalue weighted by Crippen LogP contribution is 2.13. The van der Waals surface area contributed by atoms with E-state index in [4.69, 9.17) is 10.2 Å². The maximum atomic E-state index is 11.4. The topological polar surface area (TPSA) is 142 Å². The number of amides is 2. The molecule has 1 unspecified atom stereocenters. The number of nitrogens with zero attached hydrogens (tertiary/aromatic N) is 2. The summed E-state index contributed by atoms with van der Waals surface area (Å²) in [6.45, 7) is 1.69. The molecule has 1 aromatic heterocycles. The van der Waals surface area contributed by atoms with Crippen molar-refractivity contribution in [3.63, 3.8) is 0 Å². The lowest BCUT2D eigenvalue weighted by atomic mass is 10.2. The molecule has 18 heavy (non-hydrogen) atoms. The lowest BCUT2D eigenvalue weighted by molar-refractivity contribution is -0.145. The molecule has 98 valence electrons. The Balaban J connectivity index is 2.56. The van der Waals surface area contributed by atoms with Gasteiger partial charge < -0.3 is 15.5 Å². The maximum absolute atomic E-state index is 11.4. The Morgan fingerprint density at radius 3 is 2.44 bits per heavy atom. The first-order chi connectivity index (χ1) is 8.38. The molecule has 0 aliphatic rings. The summed E-state index contributed by atoms with van der Waals surface area (Å²) in [6, 6.07) is -2.35. The summed E-state index contributed by atoms with van der Waals surface area (Å²) in [7, 11) is 0. The van der Waals surface area contributed by atoms with Gasteiger partial charge in [-0.25, -0.2) is 9.59 Å².